The summed E-state index contributed by atoms with van der Waals surface area (Å²) in [6, 6.07) is 9.62. The minimum Gasteiger partial charge on any atom is -0.493 e. The van der Waals surface area contributed by atoms with Gasteiger partial charge in [-0.05, 0) is 30.2 Å². The quantitative estimate of drug-likeness (QED) is 0.865. The van der Waals surface area contributed by atoms with E-state index in [1.807, 2.05) is 37.3 Å². The van der Waals surface area contributed by atoms with Crippen LogP contribution in [0.5, 0.6) is 5.75 Å². The largest absolute Gasteiger partial charge is 0.493 e. The van der Waals surface area contributed by atoms with Crippen LogP contribution in [0.3, 0.4) is 0 Å². The number of hydrogen-bond acceptors (Lipinski definition) is 2. The van der Waals surface area contributed by atoms with Gasteiger partial charge in [0.25, 0.3) is 0 Å². The maximum absolute atomic E-state index is 10.7. The molecule has 20 heavy (non-hydrogen) atoms. The molecule has 0 radical (unpaired) electrons. The summed E-state index contributed by atoms with van der Waals surface area (Å²) >= 11 is 9.81. The van der Waals surface area contributed by atoms with Gasteiger partial charge in [0, 0.05) is 27.0 Å². The Kier molecular flexibility index (Phi) is 3.76. The van der Waals surface area contributed by atoms with E-state index in [-0.39, 0.29) is 0 Å². The third kappa shape index (κ3) is 2.34. The molecule has 2 aromatic carbocycles. The van der Waals surface area contributed by atoms with Crippen LogP contribution in [0.15, 0.2) is 34.8 Å². The molecule has 0 aliphatic carbocycles. The predicted molar refractivity (Wildman–Crippen MR) is 83.6 cm³/mol. The summed E-state index contributed by atoms with van der Waals surface area (Å²) < 4.78 is 6.62. The Morgan fingerprint density at radius 3 is 2.90 bits per heavy atom. The molecule has 0 spiro atoms. The van der Waals surface area contributed by atoms with Crippen molar-refractivity contribution in [1.82, 2.24) is 0 Å². The molecule has 2 nitrogen and oxygen atoms in total. The Bertz CT molecular complexity index is 670. The van der Waals surface area contributed by atoms with E-state index in [1.54, 1.807) is 0 Å². The molecule has 1 N–H and O–H groups in total. The Hall–Kier alpha value is -1.03. The zero-order valence-corrected chi connectivity index (χ0v) is 13.3. The zero-order chi connectivity index (χ0) is 14.3. The second-order valence-corrected chi connectivity index (χ2v) is 6.26. The second kappa shape index (κ2) is 5.40. The van der Waals surface area contributed by atoms with Gasteiger partial charge in [-0.1, -0.05) is 45.7 Å². The molecule has 1 atom stereocenters. The topological polar surface area (TPSA) is 29.5 Å². The standard InChI is InChI=1S/C16H14BrClO2/c1-9-3-2-4-12(14(9)18)15(19)13-8-11(17)7-10-5-6-20-16(10)13/h2-4,7-8,15,19H,5-6H2,1H3. The molecule has 1 aliphatic rings. The molecule has 0 saturated carbocycles. The van der Waals surface area contributed by atoms with Crippen LogP contribution in [0.1, 0.15) is 28.4 Å². The van der Waals surface area contributed by atoms with Crippen LogP contribution in [0.2, 0.25) is 5.02 Å². The van der Waals surface area contributed by atoms with Gasteiger partial charge in [-0.3, -0.25) is 0 Å². The highest BCUT2D eigenvalue weighted by Crippen LogP contribution is 2.40. The lowest BCUT2D eigenvalue weighted by Crippen LogP contribution is -2.04. The van der Waals surface area contributed by atoms with Crippen molar-refractivity contribution in [2.24, 2.45) is 0 Å². The Labute approximate surface area is 131 Å². The molecule has 1 heterocycles. The highest BCUT2D eigenvalue weighted by Gasteiger charge is 2.24. The van der Waals surface area contributed by atoms with Crippen molar-refractivity contribution in [1.29, 1.82) is 0 Å². The summed E-state index contributed by atoms with van der Waals surface area (Å²) in [6.45, 7) is 2.59. The van der Waals surface area contributed by atoms with Gasteiger partial charge < -0.3 is 9.84 Å². The number of aliphatic hydroxyl groups excluding tert-OH is 1. The van der Waals surface area contributed by atoms with Crippen LogP contribution >= 0.6 is 27.5 Å². The first-order valence-electron chi connectivity index (χ1n) is 6.46. The van der Waals surface area contributed by atoms with Gasteiger partial charge in [-0.25, -0.2) is 0 Å². The number of aliphatic hydroxyl groups is 1. The summed E-state index contributed by atoms with van der Waals surface area (Å²) in [5, 5.41) is 11.3. The van der Waals surface area contributed by atoms with Crippen LogP contribution in [-0.4, -0.2) is 11.7 Å². The van der Waals surface area contributed by atoms with Gasteiger partial charge in [0.05, 0.1) is 6.61 Å². The fourth-order valence-electron chi connectivity index (χ4n) is 2.55. The average molecular weight is 354 g/mol. The number of aryl methyl sites for hydroxylation is 1. The van der Waals surface area contributed by atoms with Gasteiger partial charge >= 0.3 is 0 Å². The van der Waals surface area contributed by atoms with Gasteiger partial charge in [0.1, 0.15) is 11.9 Å². The first-order chi connectivity index (χ1) is 9.58. The van der Waals surface area contributed by atoms with Crippen LogP contribution in [0.4, 0.5) is 0 Å². The van der Waals surface area contributed by atoms with Crippen LogP contribution in [0, 0.1) is 6.92 Å². The van der Waals surface area contributed by atoms with E-state index >= 15 is 0 Å². The maximum atomic E-state index is 10.7. The van der Waals surface area contributed by atoms with Gasteiger partial charge in [0.15, 0.2) is 0 Å². The first kappa shape index (κ1) is 13.9. The number of ether oxygens (including phenoxy) is 1. The van der Waals surface area contributed by atoms with E-state index in [0.717, 1.165) is 33.3 Å². The van der Waals surface area contributed by atoms with Crippen molar-refractivity contribution in [2.75, 3.05) is 6.61 Å². The highest BCUT2D eigenvalue weighted by molar-refractivity contribution is 9.10. The number of hydrogen-bond donors (Lipinski definition) is 1. The maximum Gasteiger partial charge on any atom is 0.128 e. The zero-order valence-electron chi connectivity index (χ0n) is 11.0. The SMILES string of the molecule is Cc1cccc(C(O)c2cc(Br)cc3c2OCC3)c1Cl. The van der Waals surface area contributed by atoms with Crippen LogP contribution in [0.25, 0.3) is 0 Å². The fraction of sp³-hybridized carbons (Fsp3) is 0.250. The molecule has 2 aromatic rings. The van der Waals surface area contributed by atoms with Crippen molar-refractivity contribution < 1.29 is 9.84 Å². The number of fused-ring (bicyclic) bond motifs is 1. The smallest absolute Gasteiger partial charge is 0.128 e. The minimum atomic E-state index is -0.785. The lowest BCUT2D eigenvalue weighted by molar-refractivity contribution is 0.213. The summed E-state index contributed by atoms with van der Waals surface area (Å²) in [6.07, 6.45) is 0.0857. The molecule has 3 rings (SSSR count). The lowest BCUT2D eigenvalue weighted by Gasteiger charge is -2.17. The first-order valence-corrected chi connectivity index (χ1v) is 7.63. The summed E-state index contributed by atoms with van der Waals surface area (Å²) in [5.41, 5.74) is 3.55. The summed E-state index contributed by atoms with van der Waals surface area (Å²) in [5.74, 6) is 0.790. The highest BCUT2D eigenvalue weighted by atomic mass is 79.9. The molecule has 0 saturated heterocycles. The minimum absolute atomic E-state index is 0.603. The van der Waals surface area contributed by atoms with Crippen molar-refractivity contribution in [2.45, 2.75) is 19.4 Å². The summed E-state index contributed by atoms with van der Waals surface area (Å²) in [7, 11) is 0. The Morgan fingerprint density at radius 1 is 1.30 bits per heavy atom. The van der Waals surface area contributed by atoms with Gasteiger partial charge in [0.2, 0.25) is 0 Å². The third-order valence-corrected chi connectivity index (χ3v) is 4.56. The van der Waals surface area contributed by atoms with E-state index in [0.29, 0.717) is 17.2 Å². The number of halogens is 2. The fourth-order valence-corrected chi connectivity index (χ4v) is 3.30. The Morgan fingerprint density at radius 2 is 2.10 bits per heavy atom. The van der Waals surface area contributed by atoms with E-state index < -0.39 is 6.10 Å². The molecule has 0 aromatic heterocycles. The van der Waals surface area contributed by atoms with Crippen molar-refractivity contribution in [3.63, 3.8) is 0 Å². The molecular weight excluding hydrogens is 340 g/mol. The lowest BCUT2D eigenvalue weighted by atomic mass is 9.97. The summed E-state index contributed by atoms with van der Waals surface area (Å²) in [4.78, 5) is 0. The van der Waals surface area contributed by atoms with E-state index in [4.69, 9.17) is 16.3 Å². The van der Waals surface area contributed by atoms with E-state index in [9.17, 15) is 5.11 Å². The van der Waals surface area contributed by atoms with Crippen molar-refractivity contribution >= 4 is 27.5 Å². The number of benzene rings is 2. The monoisotopic (exact) mass is 352 g/mol. The molecule has 0 amide bonds. The number of rotatable bonds is 2. The molecular formula is C16H14BrClO2. The van der Waals surface area contributed by atoms with Gasteiger partial charge in [-0.15, -0.1) is 0 Å². The van der Waals surface area contributed by atoms with Crippen molar-refractivity contribution in [3.05, 3.63) is 62.1 Å². The normalized spacial score (nSPS) is 14.8. The molecule has 4 heteroatoms. The molecule has 104 valence electrons. The second-order valence-electron chi connectivity index (χ2n) is 4.96. The molecule has 1 unspecified atom stereocenters. The Balaban J connectivity index is 2.11. The third-order valence-electron chi connectivity index (χ3n) is 3.59. The average Bonchev–Trinajstić information content (AvgIpc) is 2.88. The van der Waals surface area contributed by atoms with Crippen LogP contribution in [-0.2, 0) is 6.42 Å². The van der Waals surface area contributed by atoms with Crippen LogP contribution < -0.4 is 4.74 Å². The van der Waals surface area contributed by atoms with Crippen molar-refractivity contribution in [3.8, 4) is 5.75 Å². The molecule has 0 fully saturated rings. The van der Waals surface area contributed by atoms with Gasteiger partial charge in [-0.2, -0.15) is 0 Å². The van der Waals surface area contributed by atoms with E-state index in [2.05, 4.69) is 15.9 Å². The predicted octanol–water partition coefficient (Wildman–Crippen LogP) is 4.43. The molecule has 0 bridgehead atoms. The van der Waals surface area contributed by atoms with E-state index in [1.165, 1.54) is 0 Å². The molecule has 1 aliphatic heterocycles.